The van der Waals surface area contributed by atoms with E-state index in [-0.39, 0.29) is 0 Å². The molecule has 0 saturated carbocycles. The van der Waals surface area contributed by atoms with Crippen molar-refractivity contribution in [1.82, 2.24) is 4.98 Å². The Balaban J connectivity index is 3.04. The second kappa shape index (κ2) is 3.72. The molecule has 1 aromatic heterocycles. The molecule has 2 N–H and O–H groups in total. The van der Waals surface area contributed by atoms with Crippen LogP contribution in [0, 0.1) is 0 Å². The van der Waals surface area contributed by atoms with E-state index in [0.29, 0.717) is 5.82 Å². The lowest BCUT2D eigenvalue weighted by molar-refractivity contribution is 1.32. The average Bonchev–Trinajstić information content (AvgIpc) is 2.10. The summed E-state index contributed by atoms with van der Waals surface area (Å²) >= 11 is 0. The maximum absolute atomic E-state index is 5.45. The average molecular weight is 160 g/mol. The van der Waals surface area contributed by atoms with E-state index in [0.717, 1.165) is 11.1 Å². The smallest absolute Gasteiger partial charge is 0.123 e. The molecule has 0 unspecified atom stereocenters. The van der Waals surface area contributed by atoms with Crippen LogP contribution in [-0.2, 0) is 0 Å². The molecule has 62 valence electrons. The van der Waals surface area contributed by atoms with Crippen LogP contribution in [0.25, 0.3) is 5.57 Å². The summed E-state index contributed by atoms with van der Waals surface area (Å²) in [6.07, 6.45) is 5.53. The summed E-state index contributed by atoms with van der Waals surface area (Å²) in [6, 6.07) is 3.71. The Morgan fingerprint density at radius 2 is 2.33 bits per heavy atom. The highest BCUT2D eigenvalue weighted by atomic mass is 14.8. The monoisotopic (exact) mass is 160 g/mol. The number of rotatable bonds is 2. The molecule has 0 fully saturated rings. The Hall–Kier alpha value is -1.57. The third kappa shape index (κ3) is 1.72. The van der Waals surface area contributed by atoms with Crippen LogP contribution in [0.5, 0.6) is 0 Å². The van der Waals surface area contributed by atoms with Gasteiger partial charge in [-0.1, -0.05) is 18.7 Å². The zero-order valence-electron chi connectivity index (χ0n) is 7.12. The van der Waals surface area contributed by atoms with Gasteiger partial charge in [0.1, 0.15) is 5.82 Å². The molecule has 2 nitrogen and oxygen atoms in total. The van der Waals surface area contributed by atoms with Crippen molar-refractivity contribution in [1.29, 1.82) is 0 Å². The van der Waals surface area contributed by atoms with Gasteiger partial charge in [-0.3, -0.25) is 0 Å². The quantitative estimate of drug-likeness (QED) is 0.674. The Morgan fingerprint density at radius 1 is 1.58 bits per heavy atom. The van der Waals surface area contributed by atoms with Gasteiger partial charge in [-0.15, -0.1) is 0 Å². The topological polar surface area (TPSA) is 38.9 Å². The molecule has 0 spiro atoms. The van der Waals surface area contributed by atoms with Gasteiger partial charge in [0.15, 0.2) is 0 Å². The Labute approximate surface area is 72.4 Å². The van der Waals surface area contributed by atoms with Crippen LogP contribution in [-0.4, -0.2) is 4.98 Å². The molecule has 1 aromatic rings. The minimum atomic E-state index is 0.540. The molecule has 0 aliphatic heterocycles. The highest BCUT2D eigenvalue weighted by Crippen LogP contribution is 2.14. The maximum Gasteiger partial charge on any atom is 0.123 e. The first kappa shape index (κ1) is 8.53. The van der Waals surface area contributed by atoms with Crippen molar-refractivity contribution in [2.45, 2.75) is 6.92 Å². The summed E-state index contributed by atoms with van der Waals surface area (Å²) in [7, 11) is 0. The van der Waals surface area contributed by atoms with Gasteiger partial charge in [0.05, 0.1) is 0 Å². The van der Waals surface area contributed by atoms with Crippen molar-refractivity contribution in [2.75, 3.05) is 5.73 Å². The van der Waals surface area contributed by atoms with Gasteiger partial charge in [-0.2, -0.15) is 0 Å². The predicted octanol–water partition coefficient (Wildman–Crippen LogP) is 2.25. The number of aromatic nitrogens is 1. The van der Waals surface area contributed by atoms with Crippen molar-refractivity contribution < 1.29 is 0 Å². The lowest BCUT2D eigenvalue weighted by Crippen LogP contribution is -1.90. The fraction of sp³-hybridized carbons (Fsp3) is 0.100. The zero-order chi connectivity index (χ0) is 8.97. The molecule has 0 amide bonds. The van der Waals surface area contributed by atoms with Crippen molar-refractivity contribution >= 4 is 11.4 Å². The van der Waals surface area contributed by atoms with Crippen LogP contribution in [0.15, 0.2) is 37.1 Å². The molecular formula is C10H12N2. The highest BCUT2D eigenvalue weighted by Gasteiger charge is 1.95. The van der Waals surface area contributed by atoms with Crippen LogP contribution in [0.2, 0.25) is 0 Å². The molecule has 0 aliphatic rings. The maximum atomic E-state index is 5.45. The molecular weight excluding hydrogens is 148 g/mol. The number of allylic oxidation sites excluding steroid dienone is 3. The molecule has 1 rings (SSSR count). The standard InChI is InChI=1S/C10H12N2/c1-3-8(4-2)9-5-6-10(11)12-7-9/h3-7H,1H2,2H3,(H2,11,12)/b8-4-. The summed E-state index contributed by atoms with van der Waals surface area (Å²) in [5, 5.41) is 0. The van der Waals surface area contributed by atoms with E-state index < -0.39 is 0 Å². The lowest BCUT2D eigenvalue weighted by atomic mass is 10.1. The molecule has 0 saturated heterocycles. The number of nitrogen functional groups attached to an aromatic ring is 1. The number of anilines is 1. The van der Waals surface area contributed by atoms with Crippen molar-refractivity contribution in [2.24, 2.45) is 0 Å². The summed E-state index contributed by atoms with van der Waals surface area (Å²) in [6.45, 7) is 5.67. The van der Waals surface area contributed by atoms with E-state index in [4.69, 9.17) is 5.73 Å². The van der Waals surface area contributed by atoms with E-state index in [2.05, 4.69) is 11.6 Å². The second-order valence-electron chi connectivity index (χ2n) is 2.42. The van der Waals surface area contributed by atoms with Gasteiger partial charge >= 0.3 is 0 Å². The zero-order valence-corrected chi connectivity index (χ0v) is 7.12. The van der Waals surface area contributed by atoms with Crippen LogP contribution < -0.4 is 5.73 Å². The molecule has 0 bridgehead atoms. The van der Waals surface area contributed by atoms with E-state index in [1.54, 1.807) is 18.3 Å². The molecule has 0 aromatic carbocycles. The third-order valence-corrected chi connectivity index (χ3v) is 1.65. The summed E-state index contributed by atoms with van der Waals surface area (Å²) in [5.74, 6) is 0.540. The number of pyridine rings is 1. The fourth-order valence-corrected chi connectivity index (χ4v) is 0.978. The first-order valence-electron chi connectivity index (χ1n) is 3.78. The normalized spacial score (nSPS) is 11.2. The Morgan fingerprint density at radius 3 is 2.75 bits per heavy atom. The highest BCUT2D eigenvalue weighted by molar-refractivity contribution is 5.72. The summed E-state index contributed by atoms with van der Waals surface area (Å²) < 4.78 is 0. The molecule has 0 atom stereocenters. The van der Waals surface area contributed by atoms with Crippen molar-refractivity contribution in [3.63, 3.8) is 0 Å². The van der Waals surface area contributed by atoms with Gasteiger partial charge in [-0.05, 0) is 30.2 Å². The first-order valence-corrected chi connectivity index (χ1v) is 3.78. The largest absolute Gasteiger partial charge is 0.384 e. The van der Waals surface area contributed by atoms with Gasteiger partial charge in [0, 0.05) is 6.20 Å². The van der Waals surface area contributed by atoms with E-state index in [1.807, 2.05) is 19.1 Å². The summed E-state index contributed by atoms with van der Waals surface area (Å²) in [5.41, 5.74) is 7.57. The van der Waals surface area contributed by atoms with E-state index >= 15 is 0 Å². The molecule has 2 heteroatoms. The number of hydrogen-bond acceptors (Lipinski definition) is 2. The second-order valence-corrected chi connectivity index (χ2v) is 2.42. The van der Waals surface area contributed by atoms with Gasteiger partial charge in [-0.25, -0.2) is 4.98 Å². The van der Waals surface area contributed by atoms with Crippen LogP contribution in [0.3, 0.4) is 0 Å². The number of nitrogens with zero attached hydrogens (tertiary/aromatic N) is 1. The van der Waals surface area contributed by atoms with E-state index in [1.165, 1.54) is 0 Å². The third-order valence-electron chi connectivity index (χ3n) is 1.65. The molecule has 12 heavy (non-hydrogen) atoms. The lowest BCUT2D eigenvalue weighted by Gasteiger charge is -2.00. The van der Waals surface area contributed by atoms with E-state index in [9.17, 15) is 0 Å². The molecule has 1 heterocycles. The number of hydrogen-bond donors (Lipinski definition) is 1. The Kier molecular flexibility index (Phi) is 2.64. The number of nitrogens with two attached hydrogens (primary N) is 1. The Bertz CT molecular complexity index is 296. The fourth-order valence-electron chi connectivity index (χ4n) is 0.978. The van der Waals surface area contributed by atoms with Crippen LogP contribution in [0.4, 0.5) is 5.82 Å². The molecule has 0 aliphatic carbocycles. The van der Waals surface area contributed by atoms with Crippen molar-refractivity contribution in [3.05, 3.63) is 42.6 Å². The van der Waals surface area contributed by atoms with Crippen LogP contribution in [0.1, 0.15) is 12.5 Å². The van der Waals surface area contributed by atoms with Crippen LogP contribution >= 0.6 is 0 Å². The molecule has 0 radical (unpaired) electrons. The van der Waals surface area contributed by atoms with Gasteiger partial charge in [0.2, 0.25) is 0 Å². The summed E-state index contributed by atoms with van der Waals surface area (Å²) in [4.78, 5) is 3.99. The predicted molar refractivity (Wildman–Crippen MR) is 52.5 cm³/mol. The SMILES string of the molecule is C=C/C(=C/C)c1ccc(N)nc1. The first-order chi connectivity index (χ1) is 5.77. The van der Waals surface area contributed by atoms with Gasteiger partial charge < -0.3 is 5.73 Å². The minimum Gasteiger partial charge on any atom is -0.384 e. The van der Waals surface area contributed by atoms with Crippen molar-refractivity contribution in [3.8, 4) is 0 Å². The van der Waals surface area contributed by atoms with Gasteiger partial charge in [0.25, 0.3) is 0 Å². The minimum absolute atomic E-state index is 0.540.